The molecular formula is C12H12BrF3OS. The van der Waals surface area contributed by atoms with Crippen LogP contribution >= 0.6 is 27.7 Å². The van der Waals surface area contributed by atoms with Crippen molar-refractivity contribution in [2.45, 2.75) is 35.5 Å². The fourth-order valence-electron chi connectivity index (χ4n) is 1.41. The molecule has 0 aliphatic rings. The first-order chi connectivity index (χ1) is 8.24. The average molecular weight is 341 g/mol. The maximum absolute atomic E-state index is 12.5. The van der Waals surface area contributed by atoms with Gasteiger partial charge in [-0.2, -0.15) is 13.2 Å². The molecule has 6 heteroatoms. The minimum absolute atomic E-state index is 0.0295. The van der Waals surface area contributed by atoms with Gasteiger partial charge in [0.25, 0.3) is 0 Å². The third-order valence-electron chi connectivity index (χ3n) is 2.31. The van der Waals surface area contributed by atoms with E-state index in [1.54, 1.807) is 13.0 Å². The molecule has 0 heterocycles. The third kappa shape index (κ3) is 4.31. The zero-order chi connectivity index (χ0) is 13.9. The van der Waals surface area contributed by atoms with Gasteiger partial charge in [-0.3, -0.25) is 4.79 Å². The van der Waals surface area contributed by atoms with Crippen molar-refractivity contribution in [2.24, 2.45) is 0 Å². The zero-order valence-corrected chi connectivity index (χ0v) is 12.2. The number of rotatable bonds is 4. The third-order valence-corrected chi connectivity index (χ3v) is 3.51. The van der Waals surface area contributed by atoms with Crippen molar-refractivity contribution in [3.05, 3.63) is 29.3 Å². The molecule has 0 bridgehead atoms. The number of ketones is 1. The van der Waals surface area contributed by atoms with Gasteiger partial charge in [0, 0.05) is 10.5 Å². The van der Waals surface area contributed by atoms with Crippen LogP contribution in [0, 0.1) is 0 Å². The van der Waals surface area contributed by atoms with Gasteiger partial charge in [0.05, 0.1) is 4.83 Å². The number of aryl methyl sites for hydroxylation is 1. The van der Waals surface area contributed by atoms with Gasteiger partial charge in [-0.15, -0.1) is 0 Å². The number of hydrogen-bond acceptors (Lipinski definition) is 2. The van der Waals surface area contributed by atoms with Crippen molar-refractivity contribution in [1.82, 2.24) is 0 Å². The van der Waals surface area contributed by atoms with E-state index in [-0.39, 0.29) is 28.0 Å². The van der Waals surface area contributed by atoms with Crippen molar-refractivity contribution < 1.29 is 18.0 Å². The second kappa shape index (κ2) is 6.10. The summed E-state index contributed by atoms with van der Waals surface area (Å²) in [5, 5.41) is 0. The molecule has 0 aliphatic heterocycles. The van der Waals surface area contributed by atoms with Crippen molar-refractivity contribution in [1.29, 1.82) is 0 Å². The van der Waals surface area contributed by atoms with Crippen LogP contribution in [0.5, 0.6) is 0 Å². The van der Waals surface area contributed by atoms with Gasteiger partial charge in [-0.1, -0.05) is 28.9 Å². The molecule has 1 rings (SSSR count). The molecule has 0 N–H and O–H groups in total. The smallest absolute Gasteiger partial charge is 0.293 e. The van der Waals surface area contributed by atoms with Crippen LogP contribution in [0.2, 0.25) is 0 Å². The van der Waals surface area contributed by atoms with Crippen LogP contribution in [-0.4, -0.2) is 16.1 Å². The summed E-state index contributed by atoms with van der Waals surface area (Å²) >= 11 is 2.85. The molecule has 0 radical (unpaired) electrons. The molecule has 0 saturated carbocycles. The number of thioether (sulfide) groups is 1. The van der Waals surface area contributed by atoms with Gasteiger partial charge >= 0.3 is 5.51 Å². The molecule has 100 valence electrons. The highest BCUT2D eigenvalue weighted by atomic mass is 79.9. The van der Waals surface area contributed by atoms with Gasteiger partial charge in [0.15, 0.2) is 5.78 Å². The monoisotopic (exact) mass is 340 g/mol. The van der Waals surface area contributed by atoms with Crippen molar-refractivity contribution in [3.8, 4) is 0 Å². The molecule has 1 aromatic rings. The SMILES string of the molecule is CCc1ccc(C(=O)C(C)Br)c(SC(F)(F)F)c1. The maximum Gasteiger partial charge on any atom is 0.446 e. The lowest BCUT2D eigenvalue weighted by Crippen LogP contribution is -2.13. The van der Waals surface area contributed by atoms with Crippen LogP contribution in [-0.2, 0) is 6.42 Å². The highest BCUT2D eigenvalue weighted by Gasteiger charge is 2.31. The lowest BCUT2D eigenvalue weighted by molar-refractivity contribution is -0.0328. The molecule has 0 spiro atoms. The van der Waals surface area contributed by atoms with E-state index in [1.165, 1.54) is 12.1 Å². The summed E-state index contributed by atoms with van der Waals surface area (Å²) in [5.74, 6) is -0.343. The minimum Gasteiger partial charge on any atom is -0.293 e. The number of halogens is 4. The Morgan fingerprint density at radius 2 is 2.06 bits per heavy atom. The van der Waals surface area contributed by atoms with Crippen LogP contribution < -0.4 is 0 Å². The Morgan fingerprint density at radius 1 is 1.44 bits per heavy atom. The number of hydrogen-bond donors (Lipinski definition) is 0. The summed E-state index contributed by atoms with van der Waals surface area (Å²) in [7, 11) is 0. The van der Waals surface area contributed by atoms with Crippen molar-refractivity contribution in [2.75, 3.05) is 0 Å². The highest BCUT2D eigenvalue weighted by Crippen LogP contribution is 2.39. The van der Waals surface area contributed by atoms with E-state index < -0.39 is 10.3 Å². The van der Waals surface area contributed by atoms with Gasteiger partial charge < -0.3 is 0 Å². The predicted molar refractivity (Wildman–Crippen MR) is 70.5 cm³/mol. The van der Waals surface area contributed by atoms with E-state index in [2.05, 4.69) is 15.9 Å². The molecule has 0 fully saturated rings. The summed E-state index contributed by atoms with van der Waals surface area (Å²) in [6.45, 7) is 3.45. The van der Waals surface area contributed by atoms with E-state index in [9.17, 15) is 18.0 Å². The summed E-state index contributed by atoms with van der Waals surface area (Å²) in [4.78, 5) is 11.3. The fraction of sp³-hybridized carbons (Fsp3) is 0.417. The van der Waals surface area contributed by atoms with E-state index in [4.69, 9.17) is 0 Å². The van der Waals surface area contributed by atoms with E-state index in [0.717, 1.165) is 5.56 Å². The number of alkyl halides is 4. The number of carbonyl (C=O) groups excluding carboxylic acids is 1. The first kappa shape index (κ1) is 15.6. The summed E-state index contributed by atoms with van der Waals surface area (Å²) < 4.78 is 37.4. The lowest BCUT2D eigenvalue weighted by Gasteiger charge is -2.12. The zero-order valence-electron chi connectivity index (χ0n) is 9.84. The number of benzene rings is 1. The summed E-state index contributed by atoms with van der Waals surface area (Å²) in [6, 6.07) is 4.58. The molecule has 1 aromatic carbocycles. The number of carbonyl (C=O) groups is 1. The fourth-order valence-corrected chi connectivity index (χ4v) is 2.40. The second-order valence-corrected chi connectivity index (χ2v) is 6.19. The average Bonchev–Trinajstić information content (AvgIpc) is 2.25. The van der Waals surface area contributed by atoms with E-state index in [1.807, 2.05) is 6.92 Å². The largest absolute Gasteiger partial charge is 0.446 e. The molecule has 0 saturated heterocycles. The molecule has 1 nitrogen and oxygen atoms in total. The molecule has 0 aromatic heterocycles. The quantitative estimate of drug-likeness (QED) is 0.443. The van der Waals surface area contributed by atoms with Crippen LogP contribution in [0.25, 0.3) is 0 Å². The summed E-state index contributed by atoms with van der Waals surface area (Å²) in [5.41, 5.74) is -3.50. The standard InChI is InChI=1S/C12H12BrF3OS/c1-3-8-4-5-9(11(17)7(2)13)10(6-8)18-12(14,15)16/h4-7H,3H2,1-2H3. The molecule has 0 amide bonds. The topological polar surface area (TPSA) is 17.1 Å². The predicted octanol–water partition coefficient (Wildman–Crippen LogP) is 4.83. The molecule has 1 atom stereocenters. The Hall–Kier alpha value is -0.490. The molecule has 1 unspecified atom stereocenters. The summed E-state index contributed by atoms with van der Waals surface area (Å²) in [6.07, 6.45) is 0.629. The Kier molecular flexibility index (Phi) is 5.28. The molecule has 18 heavy (non-hydrogen) atoms. The van der Waals surface area contributed by atoms with Gasteiger partial charge in [0.1, 0.15) is 0 Å². The molecule has 0 aliphatic carbocycles. The van der Waals surface area contributed by atoms with Crippen LogP contribution in [0.4, 0.5) is 13.2 Å². The van der Waals surface area contributed by atoms with E-state index in [0.29, 0.717) is 6.42 Å². The maximum atomic E-state index is 12.5. The van der Waals surface area contributed by atoms with Crippen molar-refractivity contribution in [3.63, 3.8) is 0 Å². The van der Waals surface area contributed by atoms with Gasteiger partial charge in [-0.05, 0) is 42.8 Å². The van der Waals surface area contributed by atoms with Gasteiger partial charge in [-0.25, -0.2) is 0 Å². The Labute approximate surface area is 116 Å². The Bertz CT molecular complexity index is 443. The first-order valence-electron chi connectivity index (χ1n) is 5.31. The lowest BCUT2D eigenvalue weighted by atomic mass is 10.1. The van der Waals surface area contributed by atoms with Crippen LogP contribution in [0.3, 0.4) is 0 Å². The van der Waals surface area contributed by atoms with Crippen LogP contribution in [0.1, 0.15) is 29.8 Å². The second-order valence-electron chi connectivity index (χ2n) is 3.71. The highest BCUT2D eigenvalue weighted by molar-refractivity contribution is 9.10. The Balaban J connectivity index is 3.20. The minimum atomic E-state index is -4.39. The first-order valence-corrected chi connectivity index (χ1v) is 7.04. The number of Topliss-reactive ketones (excluding diaryl/α,β-unsaturated/α-hetero) is 1. The van der Waals surface area contributed by atoms with Crippen molar-refractivity contribution >= 4 is 33.5 Å². The van der Waals surface area contributed by atoms with Gasteiger partial charge in [0.2, 0.25) is 0 Å². The molecular weight excluding hydrogens is 329 g/mol. The van der Waals surface area contributed by atoms with E-state index >= 15 is 0 Å². The Morgan fingerprint density at radius 3 is 2.50 bits per heavy atom. The van der Waals surface area contributed by atoms with Crippen LogP contribution in [0.15, 0.2) is 23.1 Å². The normalized spacial score (nSPS) is 13.4.